The number of benzene rings is 2. The van der Waals surface area contributed by atoms with E-state index >= 15 is 0 Å². The van der Waals surface area contributed by atoms with Crippen LogP contribution in [0.25, 0.3) is 0 Å². The maximum absolute atomic E-state index is 13.3. The van der Waals surface area contributed by atoms with Crippen LogP contribution >= 0.6 is 0 Å². The Hall–Kier alpha value is -2.77. The lowest BCUT2D eigenvalue weighted by Gasteiger charge is -2.38. The lowest BCUT2D eigenvalue weighted by Crippen LogP contribution is -2.49. The molecule has 29 heavy (non-hydrogen) atoms. The Bertz CT molecular complexity index is 848. The van der Waals surface area contributed by atoms with Crippen molar-refractivity contribution in [1.29, 1.82) is 0 Å². The first-order valence-corrected chi connectivity index (χ1v) is 9.76. The Morgan fingerprint density at radius 2 is 1.72 bits per heavy atom. The summed E-state index contributed by atoms with van der Waals surface area (Å²) < 4.78 is 13.3. The van der Waals surface area contributed by atoms with Gasteiger partial charge in [0, 0.05) is 38.4 Å². The predicted molar refractivity (Wildman–Crippen MR) is 111 cm³/mol. The van der Waals surface area contributed by atoms with Gasteiger partial charge in [-0.25, -0.2) is 4.39 Å². The van der Waals surface area contributed by atoms with Crippen molar-refractivity contribution >= 4 is 17.5 Å². The highest BCUT2D eigenvalue weighted by atomic mass is 19.1. The highest BCUT2D eigenvalue weighted by molar-refractivity contribution is 6.39. The van der Waals surface area contributed by atoms with E-state index in [0.29, 0.717) is 6.54 Å². The van der Waals surface area contributed by atoms with Crippen molar-refractivity contribution in [2.24, 2.45) is 0 Å². The molecule has 1 saturated heterocycles. The molecule has 0 spiro atoms. The van der Waals surface area contributed by atoms with Gasteiger partial charge in [-0.2, -0.15) is 0 Å². The number of amides is 2. The van der Waals surface area contributed by atoms with Gasteiger partial charge in [0.05, 0.1) is 6.04 Å². The van der Waals surface area contributed by atoms with Gasteiger partial charge >= 0.3 is 11.8 Å². The number of halogens is 1. The molecule has 7 heteroatoms. The predicted octanol–water partition coefficient (Wildman–Crippen LogP) is 2.18. The Morgan fingerprint density at radius 1 is 1.03 bits per heavy atom. The number of anilines is 1. The van der Waals surface area contributed by atoms with E-state index in [4.69, 9.17) is 0 Å². The first-order chi connectivity index (χ1) is 13.9. The number of piperazine rings is 1. The van der Waals surface area contributed by atoms with Gasteiger partial charge in [0.25, 0.3) is 0 Å². The first-order valence-electron chi connectivity index (χ1n) is 9.76. The third kappa shape index (κ3) is 5.85. The van der Waals surface area contributed by atoms with Crippen LogP contribution in [0.2, 0.25) is 0 Å². The zero-order valence-corrected chi connectivity index (χ0v) is 16.8. The summed E-state index contributed by atoms with van der Waals surface area (Å²) in [6.07, 6.45) is 0. The van der Waals surface area contributed by atoms with Crippen LogP contribution in [0.5, 0.6) is 0 Å². The first kappa shape index (κ1) is 21.0. The van der Waals surface area contributed by atoms with Crippen LogP contribution in [0.1, 0.15) is 17.2 Å². The largest absolute Gasteiger partial charge is 0.346 e. The molecule has 0 aliphatic carbocycles. The van der Waals surface area contributed by atoms with Gasteiger partial charge in [-0.05, 0) is 37.7 Å². The third-order valence-electron chi connectivity index (χ3n) is 5.19. The molecule has 2 amide bonds. The summed E-state index contributed by atoms with van der Waals surface area (Å²) in [6.45, 7) is 6.04. The number of carbonyl (C=O) groups is 2. The number of carbonyl (C=O) groups excluding carboxylic acids is 2. The Kier molecular flexibility index (Phi) is 6.95. The standard InChI is InChI=1S/C22H27FN4O2/c1-16-6-8-17(9-7-16)20(27-12-10-26(2)11-13-27)15-24-21(28)22(29)25-19-5-3-4-18(23)14-19/h3-9,14,20H,10-13,15H2,1-2H3,(H,24,28)(H,25,29)/t20-/m0/s1. The molecular weight excluding hydrogens is 371 g/mol. The van der Waals surface area contributed by atoms with Crippen molar-refractivity contribution in [1.82, 2.24) is 15.1 Å². The molecule has 1 aliphatic rings. The van der Waals surface area contributed by atoms with Crippen LogP contribution in [0.4, 0.5) is 10.1 Å². The smallest absolute Gasteiger partial charge is 0.313 e. The molecule has 0 radical (unpaired) electrons. The molecule has 2 N–H and O–H groups in total. The quantitative estimate of drug-likeness (QED) is 0.758. The summed E-state index contributed by atoms with van der Waals surface area (Å²) in [6, 6.07) is 13.7. The van der Waals surface area contributed by atoms with Crippen LogP contribution in [-0.2, 0) is 9.59 Å². The third-order valence-corrected chi connectivity index (χ3v) is 5.19. The normalized spacial score (nSPS) is 16.2. The molecule has 3 rings (SSSR count). The van der Waals surface area contributed by atoms with E-state index < -0.39 is 17.6 Å². The van der Waals surface area contributed by atoms with E-state index in [2.05, 4.69) is 51.7 Å². The molecular formula is C22H27FN4O2. The minimum absolute atomic E-state index is 0.0183. The van der Waals surface area contributed by atoms with Crippen molar-refractivity contribution in [3.63, 3.8) is 0 Å². The van der Waals surface area contributed by atoms with Gasteiger partial charge in [-0.15, -0.1) is 0 Å². The number of nitrogens with zero attached hydrogens (tertiary/aromatic N) is 2. The monoisotopic (exact) mass is 398 g/mol. The van der Waals surface area contributed by atoms with E-state index in [1.165, 1.54) is 29.8 Å². The summed E-state index contributed by atoms with van der Waals surface area (Å²) in [7, 11) is 2.09. The fourth-order valence-corrected chi connectivity index (χ4v) is 3.40. The lowest BCUT2D eigenvalue weighted by molar-refractivity contribution is -0.136. The summed E-state index contributed by atoms with van der Waals surface area (Å²) in [5.41, 5.74) is 2.52. The Morgan fingerprint density at radius 3 is 2.38 bits per heavy atom. The minimum Gasteiger partial charge on any atom is -0.346 e. The zero-order chi connectivity index (χ0) is 20.8. The lowest BCUT2D eigenvalue weighted by atomic mass is 10.0. The second-order valence-corrected chi connectivity index (χ2v) is 7.44. The highest BCUT2D eigenvalue weighted by Gasteiger charge is 2.25. The molecule has 154 valence electrons. The molecule has 1 heterocycles. The molecule has 0 bridgehead atoms. The second kappa shape index (κ2) is 9.62. The van der Waals surface area contributed by atoms with Gasteiger partial charge < -0.3 is 15.5 Å². The average molecular weight is 398 g/mol. The topological polar surface area (TPSA) is 64.7 Å². The molecule has 6 nitrogen and oxygen atoms in total. The van der Waals surface area contributed by atoms with Gasteiger partial charge in [0.1, 0.15) is 5.82 Å². The molecule has 0 saturated carbocycles. The van der Waals surface area contributed by atoms with Crippen molar-refractivity contribution < 1.29 is 14.0 Å². The van der Waals surface area contributed by atoms with Gasteiger partial charge in [-0.1, -0.05) is 35.9 Å². The van der Waals surface area contributed by atoms with Crippen molar-refractivity contribution in [2.75, 3.05) is 45.1 Å². The fraction of sp³-hybridized carbons (Fsp3) is 0.364. The average Bonchev–Trinajstić information content (AvgIpc) is 2.70. The van der Waals surface area contributed by atoms with E-state index in [-0.39, 0.29) is 11.7 Å². The SMILES string of the molecule is Cc1ccc([C@H](CNC(=O)C(=O)Nc2cccc(F)c2)N2CCN(C)CC2)cc1. The van der Waals surface area contributed by atoms with Crippen LogP contribution in [0.3, 0.4) is 0 Å². The fourth-order valence-electron chi connectivity index (χ4n) is 3.40. The van der Waals surface area contributed by atoms with Gasteiger partial charge in [-0.3, -0.25) is 14.5 Å². The molecule has 1 aliphatic heterocycles. The van der Waals surface area contributed by atoms with Crippen molar-refractivity contribution in [2.45, 2.75) is 13.0 Å². The summed E-state index contributed by atoms with van der Waals surface area (Å²) in [5.74, 6) is -2.02. The van der Waals surface area contributed by atoms with E-state index in [0.717, 1.165) is 31.7 Å². The molecule has 1 atom stereocenters. The zero-order valence-electron chi connectivity index (χ0n) is 16.8. The van der Waals surface area contributed by atoms with Crippen molar-refractivity contribution in [3.05, 3.63) is 65.5 Å². The van der Waals surface area contributed by atoms with Crippen LogP contribution in [0.15, 0.2) is 48.5 Å². The van der Waals surface area contributed by atoms with Crippen molar-refractivity contribution in [3.8, 4) is 0 Å². The summed E-state index contributed by atoms with van der Waals surface area (Å²) in [4.78, 5) is 29.1. The van der Waals surface area contributed by atoms with Crippen LogP contribution < -0.4 is 10.6 Å². The number of hydrogen-bond donors (Lipinski definition) is 2. The van der Waals surface area contributed by atoms with E-state index in [1.54, 1.807) is 0 Å². The van der Waals surface area contributed by atoms with Gasteiger partial charge in [0.15, 0.2) is 0 Å². The molecule has 1 fully saturated rings. The van der Waals surface area contributed by atoms with Crippen LogP contribution in [0, 0.1) is 12.7 Å². The van der Waals surface area contributed by atoms with Gasteiger partial charge in [0.2, 0.25) is 0 Å². The summed E-state index contributed by atoms with van der Waals surface area (Å²) in [5, 5.41) is 5.17. The number of likely N-dealkylation sites (N-methyl/N-ethyl adjacent to an activating group) is 1. The van der Waals surface area contributed by atoms with E-state index in [1.807, 2.05) is 6.92 Å². The molecule has 0 aromatic heterocycles. The van der Waals surface area contributed by atoms with Crippen LogP contribution in [-0.4, -0.2) is 61.4 Å². The Balaban J connectivity index is 1.64. The number of rotatable bonds is 5. The maximum Gasteiger partial charge on any atom is 0.313 e. The molecule has 2 aromatic carbocycles. The summed E-state index contributed by atoms with van der Waals surface area (Å²) >= 11 is 0. The molecule has 2 aromatic rings. The number of aryl methyl sites for hydroxylation is 1. The second-order valence-electron chi connectivity index (χ2n) is 7.44. The number of hydrogen-bond acceptors (Lipinski definition) is 4. The maximum atomic E-state index is 13.3. The van der Waals surface area contributed by atoms with E-state index in [9.17, 15) is 14.0 Å². The highest BCUT2D eigenvalue weighted by Crippen LogP contribution is 2.22. The minimum atomic E-state index is -0.809. The Labute approximate surface area is 170 Å². The molecule has 0 unspecified atom stereocenters. The number of nitrogens with one attached hydrogen (secondary N) is 2.